The molecule has 1 N–H and O–H groups in total. The summed E-state index contributed by atoms with van der Waals surface area (Å²) in [6.07, 6.45) is 8.20. The van der Waals surface area contributed by atoms with Crippen LogP contribution in [-0.4, -0.2) is 33.9 Å². The van der Waals surface area contributed by atoms with Crippen LogP contribution < -0.4 is 5.32 Å². The van der Waals surface area contributed by atoms with Gasteiger partial charge in [0.05, 0.1) is 36.4 Å². The van der Waals surface area contributed by atoms with E-state index in [9.17, 15) is 4.79 Å². The van der Waals surface area contributed by atoms with Crippen LogP contribution in [0.2, 0.25) is 0 Å². The van der Waals surface area contributed by atoms with Gasteiger partial charge in [-0.1, -0.05) is 30.3 Å². The van der Waals surface area contributed by atoms with E-state index in [1.165, 1.54) is 18.9 Å². The summed E-state index contributed by atoms with van der Waals surface area (Å²) in [7, 11) is 0. The molecule has 0 saturated carbocycles. The molecule has 1 aliphatic heterocycles. The predicted octanol–water partition coefficient (Wildman–Crippen LogP) is 2.88. The van der Waals surface area contributed by atoms with Crippen molar-refractivity contribution in [1.29, 1.82) is 0 Å². The smallest absolute Gasteiger partial charge is 0.217 e. The molecule has 132 valence electrons. The van der Waals surface area contributed by atoms with E-state index < -0.39 is 0 Å². The molecule has 1 saturated heterocycles. The number of carbonyl (C=O) groups is 1. The Balaban J connectivity index is 1.57. The Bertz CT molecular complexity index is 689. The van der Waals surface area contributed by atoms with Gasteiger partial charge in [0.25, 0.3) is 0 Å². The van der Waals surface area contributed by atoms with E-state index >= 15 is 0 Å². The van der Waals surface area contributed by atoms with Crippen molar-refractivity contribution in [1.82, 2.24) is 20.2 Å². The van der Waals surface area contributed by atoms with Crippen LogP contribution in [0.3, 0.4) is 0 Å². The molecule has 5 heteroatoms. The molecule has 0 unspecified atom stereocenters. The maximum absolute atomic E-state index is 11.1. The molecular weight excluding hydrogens is 312 g/mol. The Morgan fingerprint density at radius 2 is 2.12 bits per heavy atom. The number of benzene rings is 1. The quantitative estimate of drug-likeness (QED) is 0.843. The Labute approximate surface area is 149 Å². The number of amides is 1. The SMILES string of the molecule is CC(=O)NCc1cncc([C@H]2CCCN2CCCc2ccccc2)n1. The highest BCUT2D eigenvalue weighted by molar-refractivity contribution is 5.72. The highest BCUT2D eigenvalue weighted by Crippen LogP contribution is 2.30. The molecule has 0 bridgehead atoms. The molecular formula is C20H26N4O. The second-order valence-electron chi connectivity index (χ2n) is 6.63. The number of hydrogen-bond donors (Lipinski definition) is 1. The van der Waals surface area contributed by atoms with Crippen molar-refractivity contribution < 1.29 is 4.79 Å². The largest absolute Gasteiger partial charge is 0.351 e. The normalized spacial score (nSPS) is 17.6. The molecule has 0 radical (unpaired) electrons. The molecule has 1 amide bonds. The second-order valence-corrected chi connectivity index (χ2v) is 6.63. The van der Waals surface area contributed by atoms with Crippen LogP contribution in [0, 0.1) is 0 Å². The molecule has 0 aliphatic carbocycles. The number of carbonyl (C=O) groups excluding carboxylic acids is 1. The third-order valence-electron chi connectivity index (χ3n) is 4.68. The first-order chi connectivity index (χ1) is 12.2. The minimum atomic E-state index is -0.0457. The number of hydrogen-bond acceptors (Lipinski definition) is 4. The molecule has 0 spiro atoms. The summed E-state index contributed by atoms with van der Waals surface area (Å²) < 4.78 is 0. The maximum Gasteiger partial charge on any atom is 0.217 e. The lowest BCUT2D eigenvalue weighted by Crippen LogP contribution is -2.26. The van der Waals surface area contributed by atoms with Crippen LogP contribution >= 0.6 is 0 Å². The van der Waals surface area contributed by atoms with Crippen LogP contribution in [0.5, 0.6) is 0 Å². The molecule has 1 aliphatic rings. The minimum absolute atomic E-state index is 0.0457. The molecule has 1 aromatic carbocycles. The van der Waals surface area contributed by atoms with Gasteiger partial charge in [0.15, 0.2) is 0 Å². The predicted molar refractivity (Wildman–Crippen MR) is 97.9 cm³/mol. The summed E-state index contributed by atoms with van der Waals surface area (Å²) in [6, 6.07) is 11.0. The summed E-state index contributed by atoms with van der Waals surface area (Å²) in [5.41, 5.74) is 3.25. The number of nitrogens with one attached hydrogen (secondary N) is 1. The van der Waals surface area contributed by atoms with E-state index in [-0.39, 0.29) is 5.91 Å². The molecule has 1 aromatic heterocycles. The lowest BCUT2D eigenvalue weighted by Gasteiger charge is -2.24. The maximum atomic E-state index is 11.1. The summed E-state index contributed by atoms with van der Waals surface area (Å²) in [4.78, 5) is 22.7. The number of likely N-dealkylation sites (tertiary alicyclic amines) is 1. The van der Waals surface area contributed by atoms with Crippen molar-refractivity contribution in [2.24, 2.45) is 0 Å². The van der Waals surface area contributed by atoms with E-state index in [1.807, 2.05) is 6.20 Å². The lowest BCUT2D eigenvalue weighted by molar-refractivity contribution is -0.119. The summed E-state index contributed by atoms with van der Waals surface area (Å²) >= 11 is 0. The number of rotatable bonds is 7. The Hall–Kier alpha value is -2.27. The van der Waals surface area contributed by atoms with Crippen LogP contribution in [0.25, 0.3) is 0 Å². The zero-order valence-corrected chi connectivity index (χ0v) is 14.8. The fourth-order valence-electron chi connectivity index (χ4n) is 3.44. The fourth-order valence-corrected chi connectivity index (χ4v) is 3.44. The Kier molecular flexibility index (Phi) is 6.12. The zero-order valence-electron chi connectivity index (χ0n) is 14.8. The number of aryl methyl sites for hydroxylation is 1. The third-order valence-corrected chi connectivity index (χ3v) is 4.68. The highest BCUT2D eigenvalue weighted by atomic mass is 16.1. The molecule has 2 heterocycles. The van der Waals surface area contributed by atoms with Gasteiger partial charge in [0, 0.05) is 6.92 Å². The summed E-state index contributed by atoms with van der Waals surface area (Å²) in [5.74, 6) is -0.0457. The van der Waals surface area contributed by atoms with Gasteiger partial charge < -0.3 is 5.32 Å². The van der Waals surface area contributed by atoms with E-state index in [0.717, 1.165) is 43.7 Å². The first-order valence-electron chi connectivity index (χ1n) is 9.05. The highest BCUT2D eigenvalue weighted by Gasteiger charge is 2.27. The van der Waals surface area contributed by atoms with Crippen molar-refractivity contribution in [2.75, 3.05) is 13.1 Å². The number of aromatic nitrogens is 2. The van der Waals surface area contributed by atoms with Crippen molar-refractivity contribution in [3.63, 3.8) is 0 Å². The first kappa shape index (κ1) is 17.5. The van der Waals surface area contributed by atoms with Crippen molar-refractivity contribution in [2.45, 2.75) is 45.2 Å². The zero-order chi connectivity index (χ0) is 17.5. The van der Waals surface area contributed by atoms with Gasteiger partial charge in [0.1, 0.15) is 0 Å². The minimum Gasteiger partial charge on any atom is -0.351 e. The molecule has 25 heavy (non-hydrogen) atoms. The van der Waals surface area contributed by atoms with Crippen molar-refractivity contribution >= 4 is 5.91 Å². The fraction of sp³-hybridized carbons (Fsp3) is 0.450. The molecule has 3 rings (SSSR count). The van der Waals surface area contributed by atoms with Gasteiger partial charge in [-0.15, -0.1) is 0 Å². The van der Waals surface area contributed by atoms with Gasteiger partial charge in [-0.3, -0.25) is 19.7 Å². The number of nitrogens with zero attached hydrogens (tertiary/aromatic N) is 3. The van der Waals surface area contributed by atoms with E-state index in [1.54, 1.807) is 6.20 Å². The third kappa shape index (κ3) is 5.10. The lowest BCUT2D eigenvalue weighted by atomic mass is 10.1. The topological polar surface area (TPSA) is 58.1 Å². The molecule has 5 nitrogen and oxygen atoms in total. The second kappa shape index (κ2) is 8.72. The standard InChI is InChI=1S/C20H26N4O/c1-16(25)22-14-18-13-21-15-19(23-18)20-10-6-12-24(20)11-5-9-17-7-3-2-4-8-17/h2-4,7-8,13,15,20H,5-6,9-12,14H2,1H3,(H,22,25)/t20-/m1/s1. The van der Waals surface area contributed by atoms with Gasteiger partial charge in [-0.25, -0.2) is 0 Å². The van der Waals surface area contributed by atoms with Gasteiger partial charge in [0.2, 0.25) is 5.91 Å². The van der Waals surface area contributed by atoms with Gasteiger partial charge >= 0.3 is 0 Å². The van der Waals surface area contributed by atoms with E-state index in [4.69, 9.17) is 4.98 Å². The van der Waals surface area contributed by atoms with Crippen molar-refractivity contribution in [3.05, 3.63) is 59.7 Å². The van der Waals surface area contributed by atoms with Crippen LogP contribution in [0.4, 0.5) is 0 Å². The van der Waals surface area contributed by atoms with Crippen molar-refractivity contribution in [3.8, 4) is 0 Å². The monoisotopic (exact) mass is 338 g/mol. The van der Waals surface area contributed by atoms with Crippen LogP contribution in [0.15, 0.2) is 42.7 Å². The Morgan fingerprint density at radius 1 is 1.28 bits per heavy atom. The van der Waals surface area contributed by atoms with E-state index in [0.29, 0.717) is 12.6 Å². The van der Waals surface area contributed by atoms with Crippen LogP contribution in [0.1, 0.15) is 49.2 Å². The summed E-state index contributed by atoms with van der Waals surface area (Å²) in [5, 5.41) is 2.79. The average molecular weight is 338 g/mol. The molecule has 1 fully saturated rings. The first-order valence-corrected chi connectivity index (χ1v) is 9.05. The van der Waals surface area contributed by atoms with Gasteiger partial charge in [-0.05, 0) is 44.3 Å². The Morgan fingerprint density at radius 3 is 2.92 bits per heavy atom. The van der Waals surface area contributed by atoms with Gasteiger partial charge in [-0.2, -0.15) is 0 Å². The molecule has 1 atom stereocenters. The summed E-state index contributed by atoms with van der Waals surface area (Å²) in [6.45, 7) is 4.16. The average Bonchev–Trinajstić information content (AvgIpc) is 3.10. The van der Waals surface area contributed by atoms with E-state index in [2.05, 4.69) is 45.5 Å². The van der Waals surface area contributed by atoms with Crippen LogP contribution in [-0.2, 0) is 17.8 Å². The molecule has 2 aromatic rings.